The molecule has 0 saturated heterocycles. The third-order valence-electron chi connectivity index (χ3n) is 3.20. The third-order valence-corrected chi connectivity index (χ3v) is 3.20. The molecule has 3 N–H and O–H groups in total. The normalized spacial score (nSPS) is 10.7. The van der Waals surface area contributed by atoms with Crippen molar-refractivity contribution in [3.05, 3.63) is 65.7 Å². The Kier molecular flexibility index (Phi) is 6.92. The first-order valence-electron chi connectivity index (χ1n) is 7.27. The molecule has 2 aromatic carbocycles. The van der Waals surface area contributed by atoms with Gasteiger partial charge in [-0.15, -0.1) is 0 Å². The lowest BCUT2D eigenvalue weighted by molar-refractivity contribution is -0.171. The fourth-order valence-corrected chi connectivity index (χ4v) is 1.86. The van der Waals surface area contributed by atoms with Gasteiger partial charge in [-0.3, -0.25) is 0 Å². The fraction of sp³-hybridized carbons (Fsp3) is 0.333. The second kappa shape index (κ2) is 8.45. The summed E-state index contributed by atoms with van der Waals surface area (Å²) in [6.07, 6.45) is 2.56. The molecular weight excluding hydrogens is 264 g/mol. The highest BCUT2D eigenvalue weighted by molar-refractivity contribution is 5.25. The summed E-state index contributed by atoms with van der Waals surface area (Å²) in [4.78, 5) is 0. The van der Waals surface area contributed by atoms with E-state index in [1.54, 1.807) is 43.3 Å². The molecule has 0 heterocycles. The molecule has 0 saturated carbocycles. The summed E-state index contributed by atoms with van der Waals surface area (Å²) in [5.74, 6) is -1.32. The van der Waals surface area contributed by atoms with Crippen LogP contribution in [0.5, 0.6) is 5.75 Å². The molecule has 0 aliphatic heterocycles. The van der Waals surface area contributed by atoms with Gasteiger partial charge in [0.25, 0.3) is 0 Å². The van der Waals surface area contributed by atoms with Gasteiger partial charge in [-0.05, 0) is 24.1 Å². The van der Waals surface area contributed by atoms with Crippen LogP contribution in [0.4, 0.5) is 0 Å². The molecule has 3 nitrogen and oxygen atoms in total. The standard InChI is InChI=1S/C9H12O2.C9H12O/c1-2-9(10,11)8-6-4-3-5-7-8;1-2-3-8-4-6-9(10)7-5-8/h3-7,10-11H,2H2,1H3;4-7,10H,2-3H2,1H3. The molecule has 0 atom stereocenters. The second-order valence-electron chi connectivity index (χ2n) is 4.95. The maximum Gasteiger partial charge on any atom is 0.189 e. The average molecular weight is 288 g/mol. The van der Waals surface area contributed by atoms with Crippen molar-refractivity contribution in [3.8, 4) is 5.75 Å². The third kappa shape index (κ3) is 5.98. The minimum atomic E-state index is -1.67. The van der Waals surface area contributed by atoms with Crippen molar-refractivity contribution in [3.63, 3.8) is 0 Å². The number of phenolic OH excluding ortho intramolecular Hbond substituents is 1. The lowest BCUT2D eigenvalue weighted by atomic mass is 10.0. The van der Waals surface area contributed by atoms with Gasteiger partial charge in [0.2, 0.25) is 0 Å². The van der Waals surface area contributed by atoms with Crippen molar-refractivity contribution in [1.82, 2.24) is 0 Å². The van der Waals surface area contributed by atoms with Gasteiger partial charge >= 0.3 is 0 Å². The van der Waals surface area contributed by atoms with E-state index in [0.717, 1.165) is 12.8 Å². The van der Waals surface area contributed by atoms with Crippen LogP contribution in [0.2, 0.25) is 0 Å². The molecule has 2 rings (SSSR count). The molecule has 114 valence electrons. The lowest BCUT2D eigenvalue weighted by Gasteiger charge is -2.19. The highest BCUT2D eigenvalue weighted by Crippen LogP contribution is 2.20. The highest BCUT2D eigenvalue weighted by Gasteiger charge is 2.21. The van der Waals surface area contributed by atoms with E-state index in [1.165, 1.54) is 5.56 Å². The highest BCUT2D eigenvalue weighted by atomic mass is 16.5. The van der Waals surface area contributed by atoms with Crippen LogP contribution in [0.25, 0.3) is 0 Å². The van der Waals surface area contributed by atoms with Gasteiger partial charge in [-0.2, -0.15) is 0 Å². The van der Waals surface area contributed by atoms with Crippen molar-refractivity contribution in [1.29, 1.82) is 0 Å². The van der Waals surface area contributed by atoms with Crippen LogP contribution >= 0.6 is 0 Å². The smallest absolute Gasteiger partial charge is 0.189 e. The average Bonchev–Trinajstić information content (AvgIpc) is 2.51. The minimum absolute atomic E-state index is 0.303. The van der Waals surface area contributed by atoms with Crippen molar-refractivity contribution in [2.75, 3.05) is 0 Å². The quantitative estimate of drug-likeness (QED) is 0.754. The predicted octanol–water partition coefficient (Wildman–Crippen LogP) is 3.58. The zero-order chi connectivity index (χ0) is 15.7. The molecule has 0 spiro atoms. The largest absolute Gasteiger partial charge is 0.508 e. The first-order chi connectivity index (χ1) is 9.99. The van der Waals surface area contributed by atoms with Gasteiger partial charge in [-0.25, -0.2) is 0 Å². The van der Waals surface area contributed by atoms with E-state index in [0.29, 0.717) is 17.7 Å². The van der Waals surface area contributed by atoms with Crippen LogP contribution < -0.4 is 0 Å². The molecule has 2 aromatic rings. The Morgan fingerprint density at radius 3 is 1.90 bits per heavy atom. The van der Waals surface area contributed by atoms with E-state index in [-0.39, 0.29) is 0 Å². The molecule has 3 heteroatoms. The Morgan fingerprint density at radius 2 is 1.43 bits per heavy atom. The van der Waals surface area contributed by atoms with E-state index < -0.39 is 5.79 Å². The SMILES string of the molecule is CCC(O)(O)c1ccccc1.CCCc1ccc(O)cc1. The molecule has 0 aliphatic carbocycles. The van der Waals surface area contributed by atoms with E-state index >= 15 is 0 Å². The number of aliphatic hydroxyl groups is 2. The molecule has 0 radical (unpaired) electrons. The summed E-state index contributed by atoms with van der Waals surface area (Å²) >= 11 is 0. The van der Waals surface area contributed by atoms with Crippen molar-refractivity contribution in [2.45, 2.75) is 38.9 Å². The molecule has 0 amide bonds. The first kappa shape index (κ1) is 17.2. The van der Waals surface area contributed by atoms with Crippen molar-refractivity contribution in [2.24, 2.45) is 0 Å². The number of aryl methyl sites for hydroxylation is 1. The van der Waals surface area contributed by atoms with E-state index in [9.17, 15) is 10.2 Å². The maximum absolute atomic E-state index is 9.35. The van der Waals surface area contributed by atoms with Crippen LogP contribution in [0, 0.1) is 0 Å². The van der Waals surface area contributed by atoms with Gasteiger partial charge < -0.3 is 15.3 Å². The fourth-order valence-electron chi connectivity index (χ4n) is 1.86. The summed E-state index contributed by atoms with van der Waals surface area (Å²) in [5, 5.41) is 27.6. The summed E-state index contributed by atoms with van der Waals surface area (Å²) in [7, 11) is 0. The molecule has 0 unspecified atom stereocenters. The topological polar surface area (TPSA) is 60.7 Å². The van der Waals surface area contributed by atoms with E-state index in [4.69, 9.17) is 5.11 Å². The lowest BCUT2D eigenvalue weighted by Crippen LogP contribution is -2.23. The van der Waals surface area contributed by atoms with Gasteiger partial charge in [0.05, 0.1) is 0 Å². The Bertz CT molecular complexity index is 504. The number of hydrogen-bond donors (Lipinski definition) is 3. The monoisotopic (exact) mass is 288 g/mol. The van der Waals surface area contributed by atoms with E-state index in [1.807, 2.05) is 18.2 Å². The van der Waals surface area contributed by atoms with E-state index in [2.05, 4.69) is 6.92 Å². The number of hydrogen-bond acceptors (Lipinski definition) is 3. The summed E-state index contributed by atoms with van der Waals surface area (Å²) in [6, 6.07) is 16.2. The van der Waals surface area contributed by atoms with Crippen LogP contribution in [-0.2, 0) is 12.2 Å². The Balaban J connectivity index is 0.000000211. The second-order valence-corrected chi connectivity index (χ2v) is 4.95. The molecule has 21 heavy (non-hydrogen) atoms. The maximum atomic E-state index is 9.35. The molecular formula is C18H24O3. The number of phenols is 1. The van der Waals surface area contributed by atoms with Gasteiger partial charge in [0.1, 0.15) is 5.75 Å². The molecule has 0 aliphatic rings. The zero-order valence-corrected chi connectivity index (χ0v) is 12.7. The Labute approximate surface area is 126 Å². The zero-order valence-electron chi connectivity index (χ0n) is 12.7. The summed E-state index contributed by atoms with van der Waals surface area (Å²) in [6.45, 7) is 3.87. The molecule has 0 aromatic heterocycles. The van der Waals surface area contributed by atoms with Crippen molar-refractivity contribution >= 4 is 0 Å². The van der Waals surface area contributed by atoms with Gasteiger partial charge in [0, 0.05) is 12.0 Å². The number of benzene rings is 2. The van der Waals surface area contributed by atoms with Crippen LogP contribution in [-0.4, -0.2) is 15.3 Å². The summed E-state index contributed by atoms with van der Waals surface area (Å²) < 4.78 is 0. The van der Waals surface area contributed by atoms with Crippen molar-refractivity contribution < 1.29 is 15.3 Å². The number of aromatic hydroxyl groups is 1. The molecule has 0 fully saturated rings. The number of rotatable bonds is 4. The first-order valence-corrected chi connectivity index (χ1v) is 7.27. The van der Waals surface area contributed by atoms with Gasteiger partial charge in [0.15, 0.2) is 5.79 Å². The minimum Gasteiger partial charge on any atom is -0.508 e. The molecule has 0 bridgehead atoms. The Hall–Kier alpha value is -1.84. The van der Waals surface area contributed by atoms with Crippen LogP contribution in [0.1, 0.15) is 37.8 Å². The summed E-state index contributed by atoms with van der Waals surface area (Å²) in [5.41, 5.74) is 1.84. The predicted molar refractivity (Wildman–Crippen MR) is 85.0 cm³/mol. The van der Waals surface area contributed by atoms with Crippen LogP contribution in [0.15, 0.2) is 54.6 Å². The Morgan fingerprint density at radius 1 is 0.857 bits per heavy atom. The van der Waals surface area contributed by atoms with Gasteiger partial charge in [-0.1, -0.05) is 62.7 Å². The van der Waals surface area contributed by atoms with Crippen LogP contribution in [0.3, 0.4) is 0 Å².